The van der Waals surface area contributed by atoms with Gasteiger partial charge in [0.25, 0.3) is 5.56 Å². The molecule has 0 radical (unpaired) electrons. The average Bonchev–Trinajstić information content (AvgIpc) is 2.79. The molecule has 0 fully saturated rings. The van der Waals surface area contributed by atoms with Crippen molar-refractivity contribution >= 4 is 16.7 Å². The maximum absolute atomic E-state index is 12.8. The summed E-state index contributed by atoms with van der Waals surface area (Å²) in [5.74, 6) is 0.544. The molecule has 3 rings (SSSR count). The Hall–Kier alpha value is -3.66. The van der Waals surface area contributed by atoms with Gasteiger partial charge in [-0.1, -0.05) is 32.0 Å². The molecule has 0 atom stereocenters. The molecule has 0 spiro atoms. The summed E-state index contributed by atoms with van der Waals surface area (Å²) < 4.78 is 6.37. The zero-order valence-electron chi connectivity index (χ0n) is 18.3. The highest BCUT2D eigenvalue weighted by molar-refractivity contribution is 5.84. The van der Waals surface area contributed by atoms with Crippen molar-refractivity contribution in [2.24, 2.45) is 0 Å². The molecule has 0 aliphatic rings. The molecule has 3 aromatic rings. The molecular weight excluding hydrogens is 392 g/mol. The van der Waals surface area contributed by atoms with Crippen LogP contribution in [0.3, 0.4) is 0 Å². The van der Waals surface area contributed by atoms with Gasteiger partial charge in [-0.15, -0.1) is 0 Å². The smallest absolute Gasteiger partial charge is 0.285 e. The number of hydrogen-bond donors (Lipinski definition) is 0. The first-order valence-corrected chi connectivity index (χ1v) is 10.2. The van der Waals surface area contributed by atoms with Crippen molar-refractivity contribution in [2.75, 3.05) is 14.2 Å². The first kappa shape index (κ1) is 22.0. The standard InChI is InChI=1S/C24H26N4O3/c1-5-20-21(13-25)24(30)28(26-22(20)6-2)15-23(29)27(3)14-16-7-8-18-12-19(31-4)10-9-17(18)11-16/h7-12H,5-6,14-15H2,1-4H3. The quantitative estimate of drug-likeness (QED) is 0.588. The Morgan fingerprint density at radius 3 is 2.52 bits per heavy atom. The molecule has 0 saturated heterocycles. The molecule has 0 bridgehead atoms. The van der Waals surface area contributed by atoms with Crippen LogP contribution in [0.4, 0.5) is 0 Å². The van der Waals surface area contributed by atoms with Crippen molar-refractivity contribution in [1.29, 1.82) is 5.26 Å². The fourth-order valence-corrected chi connectivity index (χ4v) is 3.65. The molecular formula is C24H26N4O3. The van der Waals surface area contributed by atoms with Crippen molar-refractivity contribution in [1.82, 2.24) is 14.7 Å². The first-order valence-electron chi connectivity index (χ1n) is 10.2. The summed E-state index contributed by atoms with van der Waals surface area (Å²) in [5.41, 5.74) is 1.88. The monoisotopic (exact) mass is 418 g/mol. The number of likely N-dealkylation sites (N-methyl/N-ethyl adjacent to an activating group) is 1. The molecule has 1 amide bonds. The zero-order chi connectivity index (χ0) is 22.5. The highest BCUT2D eigenvalue weighted by Gasteiger charge is 2.18. The van der Waals surface area contributed by atoms with Crippen LogP contribution < -0.4 is 10.3 Å². The Morgan fingerprint density at radius 2 is 1.87 bits per heavy atom. The first-order chi connectivity index (χ1) is 14.9. The predicted octanol–water partition coefficient (Wildman–Crippen LogP) is 3.06. The summed E-state index contributed by atoms with van der Waals surface area (Å²) in [6.45, 7) is 4.00. The maximum atomic E-state index is 12.8. The largest absolute Gasteiger partial charge is 0.497 e. The van der Waals surface area contributed by atoms with E-state index in [4.69, 9.17) is 4.74 Å². The number of carbonyl (C=O) groups excluding carboxylic acids is 1. The molecule has 7 nitrogen and oxygen atoms in total. The van der Waals surface area contributed by atoms with Gasteiger partial charge in [-0.05, 0) is 52.9 Å². The Bertz CT molecular complexity index is 1220. The second kappa shape index (κ2) is 9.43. The number of rotatable bonds is 7. The Labute approximate surface area is 181 Å². The van der Waals surface area contributed by atoms with Crippen LogP contribution in [-0.4, -0.2) is 34.7 Å². The van der Waals surface area contributed by atoms with Crippen LogP contribution in [0, 0.1) is 11.3 Å². The van der Waals surface area contributed by atoms with Crippen LogP contribution in [0.5, 0.6) is 5.75 Å². The van der Waals surface area contributed by atoms with Gasteiger partial charge in [0.05, 0.1) is 12.8 Å². The van der Waals surface area contributed by atoms with Gasteiger partial charge in [0.15, 0.2) is 0 Å². The van der Waals surface area contributed by atoms with Crippen LogP contribution in [0.15, 0.2) is 41.2 Å². The summed E-state index contributed by atoms with van der Waals surface area (Å²) in [7, 11) is 3.33. The van der Waals surface area contributed by atoms with Crippen molar-refractivity contribution in [3.8, 4) is 11.8 Å². The SMILES string of the molecule is CCc1nn(CC(=O)N(C)Cc2ccc3cc(OC)ccc3c2)c(=O)c(C#N)c1CC. The third-order valence-corrected chi connectivity index (χ3v) is 5.38. The van der Waals surface area contributed by atoms with Gasteiger partial charge in [-0.2, -0.15) is 10.4 Å². The molecule has 1 heterocycles. The van der Waals surface area contributed by atoms with Gasteiger partial charge in [0.2, 0.25) is 5.91 Å². The summed E-state index contributed by atoms with van der Waals surface area (Å²) >= 11 is 0. The van der Waals surface area contributed by atoms with E-state index in [1.54, 1.807) is 19.1 Å². The van der Waals surface area contributed by atoms with E-state index < -0.39 is 5.56 Å². The van der Waals surface area contributed by atoms with E-state index in [1.165, 1.54) is 0 Å². The lowest BCUT2D eigenvalue weighted by Crippen LogP contribution is -2.36. The molecule has 0 N–H and O–H groups in total. The fourth-order valence-electron chi connectivity index (χ4n) is 3.65. The summed E-state index contributed by atoms with van der Waals surface area (Å²) in [5, 5.41) is 15.9. The van der Waals surface area contributed by atoms with E-state index in [0.29, 0.717) is 30.6 Å². The number of carbonyl (C=O) groups is 1. The number of aryl methyl sites for hydroxylation is 1. The minimum absolute atomic E-state index is 0.0785. The van der Waals surface area contributed by atoms with Crippen LogP contribution in [-0.2, 0) is 30.7 Å². The lowest BCUT2D eigenvalue weighted by Gasteiger charge is -2.19. The minimum Gasteiger partial charge on any atom is -0.497 e. The van der Waals surface area contributed by atoms with E-state index in [1.807, 2.05) is 56.3 Å². The third kappa shape index (κ3) is 4.58. The average molecular weight is 418 g/mol. The molecule has 7 heteroatoms. The zero-order valence-corrected chi connectivity index (χ0v) is 18.3. The van der Waals surface area contributed by atoms with Gasteiger partial charge < -0.3 is 9.64 Å². The summed E-state index contributed by atoms with van der Waals surface area (Å²) in [6, 6.07) is 13.8. The topological polar surface area (TPSA) is 88.2 Å². The second-order valence-corrected chi connectivity index (χ2v) is 7.38. The van der Waals surface area contributed by atoms with Gasteiger partial charge in [0.1, 0.15) is 23.9 Å². The molecule has 160 valence electrons. The molecule has 31 heavy (non-hydrogen) atoms. The van der Waals surface area contributed by atoms with Crippen molar-refractivity contribution in [3.63, 3.8) is 0 Å². The lowest BCUT2D eigenvalue weighted by molar-refractivity contribution is -0.131. The maximum Gasteiger partial charge on any atom is 0.285 e. The Kier molecular flexibility index (Phi) is 6.71. The van der Waals surface area contributed by atoms with Gasteiger partial charge in [-0.3, -0.25) is 9.59 Å². The molecule has 0 aliphatic carbocycles. The van der Waals surface area contributed by atoms with Gasteiger partial charge in [-0.25, -0.2) is 4.68 Å². The van der Waals surface area contributed by atoms with E-state index in [0.717, 1.165) is 26.8 Å². The number of fused-ring (bicyclic) bond motifs is 1. The molecule has 0 unspecified atom stereocenters. The van der Waals surface area contributed by atoms with Gasteiger partial charge in [0, 0.05) is 13.6 Å². The fraction of sp³-hybridized carbons (Fsp3) is 0.333. The van der Waals surface area contributed by atoms with Gasteiger partial charge >= 0.3 is 0 Å². The molecule has 2 aromatic carbocycles. The number of hydrogen-bond acceptors (Lipinski definition) is 5. The normalized spacial score (nSPS) is 10.7. The lowest BCUT2D eigenvalue weighted by atomic mass is 10.0. The number of aromatic nitrogens is 2. The van der Waals surface area contributed by atoms with Crippen LogP contribution in [0.25, 0.3) is 10.8 Å². The highest BCUT2D eigenvalue weighted by Crippen LogP contribution is 2.22. The van der Waals surface area contributed by atoms with Crippen molar-refractivity contribution in [3.05, 3.63) is 69.1 Å². The summed E-state index contributed by atoms with van der Waals surface area (Å²) in [4.78, 5) is 27.0. The van der Waals surface area contributed by atoms with Crippen LogP contribution in [0.2, 0.25) is 0 Å². The third-order valence-electron chi connectivity index (χ3n) is 5.38. The predicted molar refractivity (Wildman–Crippen MR) is 119 cm³/mol. The summed E-state index contributed by atoms with van der Waals surface area (Å²) in [6.07, 6.45) is 1.14. The molecule has 1 aromatic heterocycles. The highest BCUT2D eigenvalue weighted by atomic mass is 16.5. The van der Waals surface area contributed by atoms with Crippen LogP contribution >= 0.6 is 0 Å². The number of nitriles is 1. The van der Waals surface area contributed by atoms with E-state index in [2.05, 4.69) is 5.10 Å². The van der Waals surface area contributed by atoms with E-state index in [-0.39, 0.29) is 18.0 Å². The number of amides is 1. The van der Waals surface area contributed by atoms with E-state index in [9.17, 15) is 14.9 Å². The van der Waals surface area contributed by atoms with Crippen molar-refractivity contribution < 1.29 is 9.53 Å². The molecule has 0 saturated carbocycles. The Balaban J connectivity index is 1.80. The number of ether oxygens (including phenoxy) is 1. The van der Waals surface area contributed by atoms with E-state index >= 15 is 0 Å². The number of nitrogens with zero attached hydrogens (tertiary/aromatic N) is 4. The van der Waals surface area contributed by atoms with Crippen molar-refractivity contribution in [2.45, 2.75) is 39.8 Å². The number of methoxy groups -OCH3 is 1. The number of benzene rings is 2. The van der Waals surface area contributed by atoms with Crippen LogP contribution in [0.1, 0.15) is 36.2 Å². The molecule has 0 aliphatic heterocycles. The Morgan fingerprint density at radius 1 is 1.16 bits per heavy atom. The second-order valence-electron chi connectivity index (χ2n) is 7.38. The minimum atomic E-state index is -0.516.